The molecule has 0 spiro atoms. The smallest absolute Gasteiger partial charge is 0.231 e. The Morgan fingerprint density at radius 2 is 1.96 bits per heavy atom. The molecule has 1 aromatic heterocycles. The van der Waals surface area contributed by atoms with Crippen LogP contribution in [0.15, 0.2) is 47.8 Å². The molecule has 122 valence electrons. The third kappa shape index (κ3) is 3.10. The summed E-state index contributed by atoms with van der Waals surface area (Å²) in [6, 6.07) is 13.8. The Kier molecular flexibility index (Phi) is 3.92. The fourth-order valence-corrected chi connectivity index (χ4v) is 3.26. The van der Waals surface area contributed by atoms with Crippen molar-refractivity contribution in [2.75, 3.05) is 6.79 Å². The first-order valence-corrected chi connectivity index (χ1v) is 8.34. The lowest BCUT2D eigenvalue weighted by Gasteiger charge is -1.99. The highest BCUT2D eigenvalue weighted by atomic mass is 32.1. The van der Waals surface area contributed by atoms with Crippen molar-refractivity contribution < 1.29 is 13.9 Å². The number of rotatable bonds is 3. The van der Waals surface area contributed by atoms with Gasteiger partial charge in [-0.2, -0.15) is 5.26 Å². The van der Waals surface area contributed by atoms with Gasteiger partial charge in [0.1, 0.15) is 16.9 Å². The van der Waals surface area contributed by atoms with Gasteiger partial charge in [0.25, 0.3) is 0 Å². The summed E-state index contributed by atoms with van der Waals surface area (Å²) in [6.45, 7) is 0.209. The average Bonchev–Trinajstić information content (AvgIpc) is 3.29. The van der Waals surface area contributed by atoms with Gasteiger partial charge >= 0.3 is 0 Å². The first-order chi connectivity index (χ1) is 12.2. The summed E-state index contributed by atoms with van der Waals surface area (Å²) in [4.78, 5) is 4.50. The minimum Gasteiger partial charge on any atom is -0.454 e. The maximum Gasteiger partial charge on any atom is 0.231 e. The van der Waals surface area contributed by atoms with Crippen LogP contribution in [0.3, 0.4) is 0 Å². The molecule has 4 rings (SSSR count). The van der Waals surface area contributed by atoms with Gasteiger partial charge in [0.2, 0.25) is 6.79 Å². The SMILES string of the molecule is N#C/C(=C/c1ccc2c(c1)OCO2)c1nc(-c2ccc(F)cc2)cs1. The molecule has 0 bridgehead atoms. The van der Waals surface area contributed by atoms with E-state index in [1.807, 2.05) is 23.6 Å². The first kappa shape index (κ1) is 15.4. The van der Waals surface area contributed by atoms with Gasteiger partial charge in [-0.25, -0.2) is 9.37 Å². The van der Waals surface area contributed by atoms with E-state index in [1.165, 1.54) is 23.5 Å². The van der Waals surface area contributed by atoms with E-state index < -0.39 is 0 Å². The molecule has 2 aromatic carbocycles. The second-order valence-electron chi connectivity index (χ2n) is 5.33. The van der Waals surface area contributed by atoms with Crippen molar-refractivity contribution in [1.29, 1.82) is 5.26 Å². The molecule has 25 heavy (non-hydrogen) atoms. The molecule has 0 N–H and O–H groups in total. The number of ether oxygens (including phenoxy) is 2. The molecule has 0 saturated heterocycles. The van der Waals surface area contributed by atoms with E-state index in [-0.39, 0.29) is 12.6 Å². The van der Waals surface area contributed by atoms with Crippen LogP contribution in [0.25, 0.3) is 22.9 Å². The lowest BCUT2D eigenvalue weighted by molar-refractivity contribution is 0.174. The van der Waals surface area contributed by atoms with E-state index in [0.29, 0.717) is 27.8 Å². The van der Waals surface area contributed by atoms with Crippen molar-refractivity contribution >= 4 is 23.0 Å². The summed E-state index contributed by atoms with van der Waals surface area (Å²) < 4.78 is 23.7. The van der Waals surface area contributed by atoms with Gasteiger partial charge in [0.05, 0.1) is 11.3 Å². The zero-order chi connectivity index (χ0) is 17.2. The number of nitriles is 1. The monoisotopic (exact) mass is 350 g/mol. The van der Waals surface area contributed by atoms with Crippen molar-refractivity contribution in [1.82, 2.24) is 4.98 Å². The number of halogens is 1. The molecule has 3 aromatic rings. The van der Waals surface area contributed by atoms with E-state index >= 15 is 0 Å². The summed E-state index contributed by atoms with van der Waals surface area (Å²) in [5.41, 5.74) is 2.81. The number of allylic oxidation sites excluding steroid dienone is 1. The molecule has 0 unspecified atom stereocenters. The summed E-state index contributed by atoms with van der Waals surface area (Å²) in [7, 11) is 0. The van der Waals surface area contributed by atoms with Crippen LogP contribution < -0.4 is 9.47 Å². The zero-order valence-corrected chi connectivity index (χ0v) is 13.7. The molecule has 1 aliphatic heterocycles. The zero-order valence-electron chi connectivity index (χ0n) is 12.9. The van der Waals surface area contributed by atoms with Gasteiger partial charge < -0.3 is 9.47 Å². The van der Waals surface area contributed by atoms with E-state index in [4.69, 9.17) is 9.47 Å². The molecular weight excluding hydrogens is 339 g/mol. The lowest BCUT2D eigenvalue weighted by atomic mass is 10.1. The van der Waals surface area contributed by atoms with Gasteiger partial charge in [0, 0.05) is 10.9 Å². The molecule has 0 amide bonds. The Balaban J connectivity index is 1.65. The molecule has 6 heteroatoms. The predicted molar refractivity (Wildman–Crippen MR) is 93.6 cm³/mol. The van der Waals surface area contributed by atoms with Crippen LogP contribution in [0.4, 0.5) is 4.39 Å². The van der Waals surface area contributed by atoms with Crippen molar-refractivity contribution in [3.63, 3.8) is 0 Å². The molecule has 0 aliphatic carbocycles. The van der Waals surface area contributed by atoms with Crippen molar-refractivity contribution in [2.45, 2.75) is 0 Å². The van der Waals surface area contributed by atoms with Crippen molar-refractivity contribution in [2.24, 2.45) is 0 Å². The normalized spacial score (nSPS) is 12.9. The Morgan fingerprint density at radius 1 is 1.16 bits per heavy atom. The molecular formula is C19H11FN2O2S. The number of benzene rings is 2. The fourth-order valence-electron chi connectivity index (χ4n) is 2.46. The molecule has 1 aliphatic rings. The van der Waals surface area contributed by atoms with Crippen LogP contribution in [0.2, 0.25) is 0 Å². The minimum atomic E-state index is -0.292. The second kappa shape index (κ2) is 6.38. The summed E-state index contributed by atoms with van der Waals surface area (Å²) in [5, 5.41) is 12.0. The van der Waals surface area contributed by atoms with Crippen LogP contribution in [0, 0.1) is 17.1 Å². The standard InChI is InChI=1S/C19H11FN2O2S/c20-15-4-2-13(3-5-15)16-10-25-19(22-16)14(9-21)7-12-1-6-17-18(8-12)24-11-23-17/h1-8,10H,11H2/b14-7-. The number of aromatic nitrogens is 1. The van der Waals surface area contributed by atoms with Gasteiger partial charge in [-0.05, 0) is 48.0 Å². The largest absolute Gasteiger partial charge is 0.454 e. The third-order valence-electron chi connectivity index (χ3n) is 3.70. The van der Waals surface area contributed by atoms with Crippen LogP contribution in [0.5, 0.6) is 11.5 Å². The average molecular weight is 350 g/mol. The van der Waals surface area contributed by atoms with E-state index in [1.54, 1.807) is 18.2 Å². The van der Waals surface area contributed by atoms with Crippen LogP contribution in [-0.4, -0.2) is 11.8 Å². The molecule has 0 saturated carbocycles. The van der Waals surface area contributed by atoms with Gasteiger partial charge in [-0.1, -0.05) is 6.07 Å². The Morgan fingerprint density at radius 3 is 2.76 bits per heavy atom. The number of hydrogen-bond acceptors (Lipinski definition) is 5. The van der Waals surface area contributed by atoms with Crippen LogP contribution >= 0.6 is 11.3 Å². The highest BCUT2D eigenvalue weighted by Crippen LogP contribution is 2.34. The first-order valence-electron chi connectivity index (χ1n) is 7.46. The number of fused-ring (bicyclic) bond motifs is 1. The fraction of sp³-hybridized carbons (Fsp3) is 0.0526. The summed E-state index contributed by atoms with van der Waals surface area (Å²) >= 11 is 1.37. The molecule has 4 nitrogen and oxygen atoms in total. The molecule has 2 heterocycles. The molecule has 0 fully saturated rings. The number of hydrogen-bond donors (Lipinski definition) is 0. The molecule has 0 radical (unpaired) electrons. The summed E-state index contributed by atoms with van der Waals surface area (Å²) in [5.74, 6) is 1.07. The van der Waals surface area contributed by atoms with E-state index in [0.717, 1.165) is 11.1 Å². The maximum atomic E-state index is 13.0. The van der Waals surface area contributed by atoms with E-state index in [9.17, 15) is 9.65 Å². The number of thiazole rings is 1. The third-order valence-corrected chi connectivity index (χ3v) is 4.58. The van der Waals surface area contributed by atoms with Crippen molar-refractivity contribution in [3.8, 4) is 28.8 Å². The predicted octanol–water partition coefficient (Wildman–Crippen LogP) is 4.74. The molecule has 0 atom stereocenters. The maximum absolute atomic E-state index is 13.0. The second-order valence-corrected chi connectivity index (χ2v) is 6.19. The topological polar surface area (TPSA) is 55.1 Å². The van der Waals surface area contributed by atoms with Gasteiger partial charge in [-0.15, -0.1) is 11.3 Å². The quantitative estimate of drug-likeness (QED) is 0.640. The van der Waals surface area contributed by atoms with Crippen molar-refractivity contribution in [3.05, 3.63) is 64.2 Å². The minimum absolute atomic E-state index is 0.209. The van der Waals surface area contributed by atoms with E-state index in [2.05, 4.69) is 11.1 Å². The van der Waals surface area contributed by atoms with Crippen LogP contribution in [0.1, 0.15) is 10.6 Å². The van der Waals surface area contributed by atoms with Gasteiger partial charge in [0.15, 0.2) is 11.5 Å². The Hall–Kier alpha value is -3.17. The lowest BCUT2D eigenvalue weighted by Crippen LogP contribution is -1.92. The number of nitrogens with zero attached hydrogens (tertiary/aromatic N) is 2. The highest BCUT2D eigenvalue weighted by Gasteiger charge is 2.14. The van der Waals surface area contributed by atoms with Crippen LogP contribution in [-0.2, 0) is 0 Å². The van der Waals surface area contributed by atoms with Gasteiger partial charge in [-0.3, -0.25) is 0 Å². The Bertz CT molecular complexity index is 1000. The Labute approximate surface area is 147 Å². The summed E-state index contributed by atoms with van der Waals surface area (Å²) in [6.07, 6.45) is 1.76. The highest BCUT2D eigenvalue weighted by molar-refractivity contribution is 7.11.